The first kappa shape index (κ1) is 17.4. The molecule has 1 N–H and O–H groups in total. The molecule has 10 heteroatoms. The highest BCUT2D eigenvalue weighted by Gasteiger charge is 2.05. The zero-order valence-corrected chi connectivity index (χ0v) is 14.4. The first-order valence-electron chi connectivity index (χ1n) is 6.74. The van der Waals surface area contributed by atoms with E-state index in [-0.39, 0.29) is 6.61 Å². The smallest absolute Gasteiger partial charge is 0.407 e. The summed E-state index contributed by atoms with van der Waals surface area (Å²) in [5.41, 5.74) is 0.903. The van der Waals surface area contributed by atoms with Crippen molar-refractivity contribution in [3.63, 3.8) is 0 Å². The van der Waals surface area contributed by atoms with Crippen LogP contribution in [0.3, 0.4) is 0 Å². The number of methoxy groups -OCH3 is 1. The highest BCUT2D eigenvalue weighted by Crippen LogP contribution is 2.27. The molecule has 1 aromatic carbocycles. The van der Waals surface area contributed by atoms with Crippen LogP contribution in [-0.4, -0.2) is 45.7 Å². The molecular formula is C13H17N5O3S2. The Hall–Kier alpha value is -1.94. The second-order valence-corrected chi connectivity index (χ2v) is 6.72. The maximum Gasteiger partial charge on any atom is 0.407 e. The third-order valence-corrected chi connectivity index (χ3v) is 4.98. The third kappa shape index (κ3) is 5.99. The SMILES string of the molecule is COc1ccc(COC(=O)NCCSSc2nnnn2C)cc1. The number of nitrogens with zero attached hydrogens (tertiary/aromatic N) is 4. The molecule has 124 valence electrons. The van der Waals surface area contributed by atoms with Crippen LogP contribution < -0.4 is 10.1 Å². The highest BCUT2D eigenvalue weighted by molar-refractivity contribution is 8.76. The van der Waals surface area contributed by atoms with E-state index in [0.29, 0.717) is 6.54 Å². The molecule has 0 spiro atoms. The lowest BCUT2D eigenvalue weighted by atomic mass is 10.2. The number of nitrogens with one attached hydrogen (secondary N) is 1. The van der Waals surface area contributed by atoms with E-state index in [1.54, 1.807) is 29.6 Å². The first-order chi connectivity index (χ1) is 11.2. The van der Waals surface area contributed by atoms with Gasteiger partial charge < -0.3 is 14.8 Å². The fourth-order valence-corrected chi connectivity index (χ4v) is 3.33. The number of tetrazole rings is 1. The standard InChI is InChI=1S/C13H17N5O3S2/c1-18-12(15-16-17-18)23-22-8-7-14-13(19)21-9-10-3-5-11(20-2)6-4-10/h3-6H,7-9H2,1-2H3,(H,14,19). The second kappa shape index (κ2) is 9.26. The minimum absolute atomic E-state index is 0.225. The van der Waals surface area contributed by atoms with Gasteiger partial charge in [-0.15, -0.1) is 5.10 Å². The Morgan fingerprint density at radius 3 is 2.78 bits per heavy atom. The van der Waals surface area contributed by atoms with Gasteiger partial charge in [-0.3, -0.25) is 0 Å². The van der Waals surface area contributed by atoms with E-state index in [0.717, 1.165) is 22.2 Å². The van der Waals surface area contributed by atoms with Crippen LogP contribution in [-0.2, 0) is 18.4 Å². The molecule has 0 aliphatic heterocycles. The van der Waals surface area contributed by atoms with Crippen LogP contribution in [0.4, 0.5) is 4.79 Å². The van der Waals surface area contributed by atoms with E-state index < -0.39 is 6.09 Å². The van der Waals surface area contributed by atoms with Gasteiger partial charge in [0.2, 0.25) is 5.16 Å². The van der Waals surface area contributed by atoms with Gasteiger partial charge >= 0.3 is 6.09 Å². The van der Waals surface area contributed by atoms with Crippen molar-refractivity contribution in [2.75, 3.05) is 19.4 Å². The number of hydrogen-bond donors (Lipinski definition) is 1. The molecule has 0 saturated carbocycles. The Morgan fingerprint density at radius 2 is 2.13 bits per heavy atom. The van der Waals surface area contributed by atoms with E-state index in [2.05, 4.69) is 20.8 Å². The van der Waals surface area contributed by atoms with E-state index in [1.807, 2.05) is 24.3 Å². The van der Waals surface area contributed by atoms with Crippen molar-refractivity contribution in [3.05, 3.63) is 29.8 Å². The average molecular weight is 355 g/mol. The predicted octanol–water partition coefficient (Wildman–Crippen LogP) is 1.89. The van der Waals surface area contributed by atoms with Crippen molar-refractivity contribution in [3.8, 4) is 5.75 Å². The third-order valence-electron chi connectivity index (χ3n) is 2.70. The summed E-state index contributed by atoms with van der Waals surface area (Å²) in [6, 6.07) is 7.36. The van der Waals surface area contributed by atoms with Gasteiger partial charge in [0.15, 0.2) is 0 Å². The molecule has 0 atom stereocenters. The Labute approximate surface area is 141 Å². The summed E-state index contributed by atoms with van der Waals surface area (Å²) < 4.78 is 11.8. The van der Waals surface area contributed by atoms with Crippen molar-refractivity contribution in [2.45, 2.75) is 11.8 Å². The molecule has 0 bridgehead atoms. The number of aromatic nitrogens is 4. The Bertz CT molecular complexity index is 620. The van der Waals surface area contributed by atoms with Crippen molar-refractivity contribution in [1.29, 1.82) is 0 Å². The normalized spacial score (nSPS) is 10.3. The number of carbonyl (C=O) groups excluding carboxylic acids is 1. The summed E-state index contributed by atoms with van der Waals surface area (Å²) in [5, 5.41) is 14.5. The molecule has 0 fully saturated rings. The Morgan fingerprint density at radius 1 is 1.35 bits per heavy atom. The quantitative estimate of drug-likeness (QED) is 0.567. The summed E-state index contributed by atoms with van der Waals surface area (Å²) in [7, 11) is 6.40. The van der Waals surface area contributed by atoms with Gasteiger partial charge in [-0.25, -0.2) is 9.48 Å². The summed E-state index contributed by atoms with van der Waals surface area (Å²) in [5.74, 6) is 1.49. The summed E-state index contributed by atoms with van der Waals surface area (Å²) in [4.78, 5) is 11.6. The van der Waals surface area contributed by atoms with Crippen molar-refractivity contribution < 1.29 is 14.3 Å². The number of carbonyl (C=O) groups is 1. The van der Waals surface area contributed by atoms with Crippen LogP contribution in [0.2, 0.25) is 0 Å². The highest BCUT2D eigenvalue weighted by atomic mass is 33.1. The van der Waals surface area contributed by atoms with Gasteiger partial charge in [-0.1, -0.05) is 22.9 Å². The van der Waals surface area contributed by atoms with E-state index in [4.69, 9.17) is 9.47 Å². The number of aryl methyl sites for hydroxylation is 1. The minimum Gasteiger partial charge on any atom is -0.497 e. The van der Waals surface area contributed by atoms with Crippen molar-refractivity contribution in [2.24, 2.45) is 7.05 Å². The molecule has 1 aromatic heterocycles. The number of rotatable bonds is 8. The molecule has 0 unspecified atom stereocenters. The minimum atomic E-state index is -0.438. The van der Waals surface area contributed by atoms with Crippen LogP contribution in [0.5, 0.6) is 5.75 Å². The predicted molar refractivity (Wildman–Crippen MR) is 88.3 cm³/mol. The maximum absolute atomic E-state index is 11.6. The van der Waals surface area contributed by atoms with Gasteiger partial charge in [-0.2, -0.15) is 0 Å². The summed E-state index contributed by atoms with van der Waals surface area (Å²) in [6.45, 7) is 0.729. The van der Waals surface area contributed by atoms with Crippen LogP contribution in [0.25, 0.3) is 0 Å². The molecule has 8 nitrogen and oxygen atoms in total. The van der Waals surface area contributed by atoms with Crippen molar-refractivity contribution in [1.82, 2.24) is 25.5 Å². The number of alkyl carbamates (subject to hydrolysis) is 1. The fourth-order valence-electron chi connectivity index (χ4n) is 1.50. The second-order valence-electron chi connectivity index (χ2n) is 4.34. The molecule has 23 heavy (non-hydrogen) atoms. The average Bonchev–Trinajstić information content (AvgIpc) is 2.98. The molecule has 0 saturated heterocycles. The van der Waals surface area contributed by atoms with Gasteiger partial charge in [-0.05, 0) is 38.9 Å². The largest absolute Gasteiger partial charge is 0.497 e. The summed E-state index contributed by atoms with van der Waals surface area (Å²) in [6.07, 6.45) is -0.438. The molecule has 1 heterocycles. The maximum atomic E-state index is 11.6. The van der Waals surface area contributed by atoms with Crippen LogP contribution in [0.1, 0.15) is 5.56 Å². The molecule has 0 aliphatic carbocycles. The zero-order chi connectivity index (χ0) is 16.5. The molecule has 0 aliphatic rings. The number of amides is 1. The number of ether oxygens (including phenoxy) is 2. The molecule has 2 rings (SSSR count). The van der Waals surface area contributed by atoms with Gasteiger partial charge in [0.1, 0.15) is 12.4 Å². The monoisotopic (exact) mass is 355 g/mol. The Balaban J connectivity index is 1.57. The van der Waals surface area contributed by atoms with E-state index in [1.165, 1.54) is 10.8 Å². The molecule has 2 aromatic rings. The van der Waals surface area contributed by atoms with Crippen LogP contribution >= 0.6 is 21.6 Å². The topological polar surface area (TPSA) is 91.2 Å². The fraction of sp³-hybridized carbons (Fsp3) is 0.385. The molecular weight excluding hydrogens is 338 g/mol. The number of benzene rings is 1. The number of hydrogen-bond acceptors (Lipinski definition) is 8. The van der Waals surface area contributed by atoms with Crippen LogP contribution in [0, 0.1) is 0 Å². The lowest BCUT2D eigenvalue weighted by Gasteiger charge is -2.07. The lowest BCUT2D eigenvalue weighted by Crippen LogP contribution is -2.26. The summed E-state index contributed by atoms with van der Waals surface area (Å²) >= 11 is 0. The first-order valence-corrected chi connectivity index (χ1v) is 9.06. The lowest BCUT2D eigenvalue weighted by molar-refractivity contribution is 0.140. The van der Waals surface area contributed by atoms with Crippen molar-refractivity contribution >= 4 is 27.7 Å². The van der Waals surface area contributed by atoms with Gasteiger partial charge in [0.25, 0.3) is 0 Å². The van der Waals surface area contributed by atoms with E-state index >= 15 is 0 Å². The van der Waals surface area contributed by atoms with Gasteiger partial charge in [0, 0.05) is 19.3 Å². The molecule has 1 amide bonds. The zero-order valence-electron chi connectivity index (χ0n) is 12.8. The van der Waals surface area contributed by atoms with Gasteiger partial charge in [0.05, 0.1) is 7.11 Å². The molecule has 0 radical (unpaired) electrons. The van der Waals surface area contributed by atoms with Crippen LogP contribution in [0.15, 0.2) is 29.4 Å². The Kier molecular flexibility index (Phi) is 7.01. The van der Waals surface area contributed by atoms with E-state index in [9.17, 15) is 4.79 Å².